The normalized spacial score (nSPS) is 12.0. The second-order valence-corrected chi connectivity index (χ2v) is 17.1. The van der Waals surface area contributed by atoms with E-state index in [-0.39, 0.29) is 16.5 Å². The zero-order chi connectivity index (χ0) is 40.2. The second-order valence-electron chi connectivity index (χ2n) is 17.1. The van der Waals surface area contributed by atoms with Gasteiger partial charge in [-0.3, -0.25) is 4.99 Å². The fourth-order valence-electron chi connectivity index (χ4n) is 7.85. The molecular formula is C54H90N2Ni. The van der Waals surface area contributed by atoms with Crippen molar-refractivity contribution >= 4 is 23.3 Å². The van der Waals surface area contributed by atoms with Crippen molar-refractivity contribution in [2.45, 2.75) is 247 Å². The molecule has 326 valence electrons. The summed E-state index contributed by atoms with van der Waals surface area (Å²) >= 11 is 0. The van der Waals surface area contributed by atoms with E-state index in [1.54, 1.807) is 0 Å². The zero-order valence-corrected chi connectivity index (χ0v) is 39.2. The topological polar surface area (TPSA) is 24.7 Å². The number of benzene rings is 2. The molecule has 0 unspecified atom stereocenters. The van der Waals surface area contributed by atoms with Gasteiger partial charge in [0.1, 0.15) is 0 Å². The molecule has 0 aliphatic carbocycles. The number of unbranched alkanes of at least 4 members (excludes halogenated alkanes) is 24. The zero-order valence-electron chi connectivity index (χ0n) is 38.2. The second kappa shape index (κ2) is 38.2. The predicted molar refractivity (Wildman–Crippen MR) is 254 cm³/mol. The van der Waals surface area contributed by atoms with Gasteiger partial charge in [0.25, 0.3) is 0 Å². The first-order chi connectivity index (χ1) is 27.6. The SMILES string of the molecule is CCCCCCCCCCCCCCCCCCCCCC/C=C/C(C=Nc1cc(CCCC)cc(CCCC)c1)=Nc1cc(CCCC)cc(CCCC)c1.[Ni]. The monoisotopic (exact) mass is 825 g/mol. The molecule has 0 saturated heterocycles. The van der Waals surface area contributed by atoms with Crippen molar-refractivity contribution in [2.75, 3.05) is 0 Å². The van der Waals surface area contributed by atoms with Crippen molar-refractivity contribution in [1.82, 2.24) is 0 Å². The summed E-state index contributed by atoms with van der Waals surface area (Å²) < 4.78 is 0. The molecule has 0 N–H and O–H groups in total. The number of aryl methyl sites for hydroxylation is 4. The third kappa shape index (κ3) is 29.0. The minimum atomic E-state index is 0. The van der Waals surface area contributed by atoms with Crippen molar-refractivity contribution in [1.29, 1.82) is 0 Å². The summed E-state index contributed by atoms with van der Waals surface area (Å²) in [5.74, 6) is 0. The van der Waals surface area contributed by atoms with Gasteiger partial charge in [0.05, 0.1) is 23.3 Å². The summed E-state index contributed by atoms with van der Waals surface area (Å²) in [6.45, 7) is 11.4. The van der Waals surface area contributed by atoms with Gasteiger partial charge in [-0.05, 0) is 117 Å². The molecule has 0 amide bonds. The van der Waals surface area contributed by atoms with E-state index < -0.39 is 0 Å². The molecule has 2 aromatic rings. The number of hydrogen-bond acceptors (Lipinski definition) is 2. The van der Waals surface area contributed by atoms with Gasteiger partial charge in [0.15, 0.2) is 0 Å². The number of nitrogens with zero attached hydrogens (tertiary/aromatic N) is 2. The van der Waals surface area contributed by atoms with Crippen molar-refractivity contribution in [3.63, 3.8) is 0 Å². The molecule has 0 spiro atoms. The minimum Gasteiger partial charge on any atom is -0.255 e. The summed E-state index contributed by atoms with van der Waals surface area (Å²) in [5.41, 5.74) is 8.80. The van der Waals surface area contributed by atoms with Crippen LogP contribution in [0.3, 0.4) is 0 Å². The van der Waals surface area contributed by atoms with Gasteiger partial charge in [-0.1, -0.05) is 201 Å². The molecule has 0 radical (unpaired) electrons. The molecule has 0 saturated carbocycles. The van der Waals surface area contributed by atoms with Crippen LogP contribution >= 0.6 is 0 Å². The van der Waals surface area contributed by atoms with Crippen LogP contribution in [-0.4, -0.2) is 11.9 Å². The Hall–Kier alpha value is -1.99. The minimum absolute atomic E-state index is 0. The van der Waals surface area contributed by atoms with Crippen LogP contribution in [0.25, 0.3) is 0 Å². The largest absolute Gasteiger partial charge is 0.255 e. The smallest absolute Gasteiger partial charge is 0.0816 e. The Labute approximate surface area is 365 Å². The van der Waals surface area contributed by atoms with Crippen LogP contribution < -0.4 is 0 Å². The fraction of sp³-hybridized carbons (Fsp3) is 0.704. The van der Waals surface area contributed by atoms with Crippen LogP contribution in [0.4, 0.5) is 11.4 Å². The number of rotatable bonds is 37. The van der Waals surface area contributed by atoms with Crippen LogP contribution in [0.2, 0.25) is 0 Å². The van der Waals surface area contributed by atoms with E-state index in [2.05, 4.69) is 83.2 Å². The van der Waals surface area contributed by atoms with Gasteiger partial charge in [-0.25, -0.2) is 4.99 Å². The molecule has 0 aliphatic heterocycles. The Morgan fingerprint density at radius 3 is 1.05 bits per heavy atom. The van der Waals surface area contributed by atoms with Crippen molar-refractivity contribution in [2.24, 2.45) is 9.98 Å². The maximum atomic E-state index is 5.26. The molecule has 2 aromatic carbocycles. The summed E-state index contributed by atoms with van der Waals surface area (Å²) in [6, 6.07) is 14.1. The molecule has 2 nitrogen and oxygen atoms in total. The van der Waals surface area contributed by atoms with E-state index in [4.69, 9.17) is 9.98 Å². The average Bonchev–Trinajstić information content (AvgIpc) is 3.21. The standard InChI is InChI=1S/C54H90N2.Ni/c1-6-11-16-17-18-19-20-21-22-23-24-25-26-27-28-29-30-31-32-33-34-35-40-52(56-54-45-50(38-14-9-4)42-51(46-54)39-15-10-5)47-55-53-43-48(36-12-7-2)41-49(44-53)37-13-8-3;/h35,40-47H,6-34,36-39H2,1-5H3;/b40-35+,55-47?,56-52?;. The van der Waals surface area contributed by atoms with Gasteiger partial charge in [0, 0.05) is 16.5 Å². The molecule has 3 heteroatoms. The van der Waals surface area contributed by atoms with E-state index >= 15 is 0 Å². The van der Waals surface area contributed by atoms with E-state index in [1.165, 1.54) is 202 Å². The Balaban J connectivity index is 0.0000162. The summed E-state index contributed by atoms with van der Waals surface area (Å²) in [7, 11) is 0. The van der Waals surface area contributed by atoms with Gasteiger partial charge in [0.2, 0.25) is 0 Å². The summed E-state index contributed by atoms with van der Waals surface area (Å²) in [6.07, 6.45) is 50.5. The first-order valence-corrected chi connectivity index (χ1v) is 24.7. The van der Waals surface area contributed by atoms with Gasteiger partial charge >= 0.3 is 0 Å². The quantitative estimate of drug-likeness (QED) is 0.0368. The molecule has 0 bridgehead atoms. The third-order valence-electron chi connectivity index (χ3n) is 11.5. The maximum Gasteiger partial charge on any atom is 0.0816 e. The Morgan fingerprint density at radius 2 is 0.702 bits per heavy atom. The van der Waals surface area contributed by atoms with Crippen molar-refractivity contribution in [3.8, 4) is 0 Å². The van der Waals surface area contributed by atoms with E-state index in [0.29, 0.717) is 0 Å². The van der Waals surface area contributed by atoms with Crippen LogP contribution in [0.15, 0.2) is 58.5 Å². The van der Waals surface area contributed by atoms with Crippen LogP contribution in [-0.2, 0) is 42.2 Å². The van der Waals surface area contributed by atoms with E-state index in [0.717, 1.165) is 49.2 Å². The first-order valence-electron chi connectivity index (χ1n) is 24.7. The number of allylic oxidation sites excluding steroid dienone is 2. The van der Waals surface area contributed by atoms with Gasteiger partial charge in [-0.2, -0.15) is 0 Å². The molecule has 2 rings (SSSR count). The van der Waals surface area contributed by atoms with Gasteiger partial charge < -0.3 is 0 Å². The molecule has 57 heavy (non-hydrogen) atoms. The molecule has 0 aromatic heterocycles. The Bertz CT molecular complexity index is 1250. The van der Waals surface area contributed by atoms with E-state index in [9.17, 15) is 0 Å². The summed E-state index contributed by atoms with van der Waals surface area (Å²) in [4.78, 5) is 10.3. The van der Waals surface area contributed by atoms with Crippen LogP contribution in [0.5, 0.6) is 0 Å². The molecule has 0 atom stereocenters. The van der Waals surface area contributed by atoms with Crippen molar-refractivity contribution in [3.05, 3.63) is 70.8 Å². The van der Waals surface area contributed by atoms with Crippen LogP contribution in [0.1, 0.15) is 243 Å². The van der Waals surface area contributed by atoms with Gasteiger partial charge in [-0.15, -0.1) is 0 Å². The Kier molecular flexibility index (Phi) is 35.6. The average molecular weight is 826 g/mol. The van der Waals surface area contributed by atoms with Crippen LogP contribution in [0, 0.1) is 0 Å². The molecular weight excluding hydrogens is 735 g/mol. The maximum absolute atomic E-state index is 5.26. The third-order valence-corrected chi connectivity index (χ3v) is 11.5. The van der Waals surface area contributed by atoms with Crippen molar-refractivity contribution < 1.29 is 16.5 Å². The molecule has 0 heterocycles. The fourth-order valence-corrected chi connectivity index (χ4v) is 7.85. The molecule has 0 aliphatic rings. The molecule has 0 fully saturated rings. The number of aliphatic imine (C=N–C) groups is 2. The summed E-state index contributed by atoms with van der Waals surface area (Å²) in [5, 5.41) is 0. The first kappa shape index (κ1) is 53.0. The predicted octanol–water partition coefficient (Wildman–Crippen LogP) is 18.3. The Morgan fingerprint density at radius 1 is 0.386 bits per heavy atom. The van der Waals surface area contributed by atoms with E-state index in [1.807, 2.05) is 6.21 Å². The number of hydrogen-bond donors (Lipinski definition) is 0.